The minimum atomic E-state index is 0.181. The molecule has 1 rings (SSSR count). The fraction of sp³-hybridized carbons (Fsp3) is 0.769. The molecular weight excluding hydrogens is 216 g/mol. The van der Waals surface area contributed by atoms with Gasteiger partial charge in [0.25, 0.3) is 0 Å². The molecule has 0 radical (unpaired) electrons. The van der Waals surface area contributed by atoms with Gasteiger partial charge in [-0.15, -0.1) is 0 Å². The molecule has 0 spiro atoms. The van der Waals surface area contributed by atoms with Gasteiger partial charge in [0.05, 0.1) is 12.8 Å². The Labute approximate surface area is 104 Å². The van der Waals surface area contributed by atoms with E-state index in [0.717, 1.165) is 37.5 Å². The van der Waals surface area contributed by atoms with Crippen LogP contribution in [0.2, 0.25) is 0 Å². The van der Waals surface area contributed by atoms with Crippen molar-refractivity contribution >= 4 is 0 Å². The molecule has 0 aliphatic rings. The van der Waals surface area contributed by atoms with E-state index in [0.29, 0.717) is 6.61 Å². The lowest BCUT2D eigenvalue weighted by atomic mass is 10.1. The van der Waals surface area contributed by atoms with Gasteiger partial charge in [0.1, 0.15) is 5.76 Å². The summed E-state index contributed by atoms with van der Waals surface area (Å²) in [5.74, 6) is 1.73. The number of hydrogen-bond acceptors (Lipinski definition) is 4. The third kappa shape index (κ3) is 6.44. The van der Waals surface area contributed by atoms with Crippen LogP contribution in [0.1, 0.15) is 38.8 Å². The molecule has 4 nitrogen and oxygen atoms in total. The first kappa shape index (κ1) is 14.2. The molecule has 0 aromatic carbocycles. The van der Waals surface area contributed by atoms with Gasteiger partial charge < -0.3 is 14.5 Å². The Morgan fingerprint density at radius 3 is 2.76 bits per heavy atom. The number of hydrogen-bond donors (Lipinski definition) is 1. The van der Waals surface area contributed by atoms with E-state index in [9.17, 15) is 0 Å². The average molecular weight is 240 g/mol. The zero-order chi connectivity index (χ0) is 12.7. The molecule has 1 aromatic heterocycles. The van der Waals surface area contributed by atoms with Crippen molar-refractivity contribution < 1.29 is 9.15 Å². The Morgan fingerprint density at radius 2 is 2.12 bits per heavy atom. The molecule has 0 unspecified atom stereocenters. The molecule has 0 amide bonds. The van der Waals surface area contributed by atoms with Crippen LogP contribution in [0.5, 0.6) is 0 Å². The molecule has 1 N–H and O–H groups in total. The summed E-state index contributed by atoms with van der Waals surface area (Å²) < 4.78 is 10.6. The first-order valence-corrected chi connectivity index (χ1v) is 6.19. The molecule has 0 aliphatic carbocycles. The van der Waals surface area contributed by atoms with Gasteiger partial charge in [-0.1, -0.05) is 0 Å². The maximum absolute atomic E-state index is 5.60. The van der Waals surface area contributed by atoms with Gasteiger partial charge >= 0.3 is 0 Å². The van der Waals surface area contributed by atoms with Crippen LogP contribution in [-0.4, -0.2) is 30.8 Å². The van der Waals surface area contributed by atoms with Crippen molar-refractivity contribution in [3.05, 3.63) is 17.8 Å². The highest BCUT2D eigenvalue weighted by Gasteiger charge is 2.08. The summed E-state index contributed by atoms with van der Waals surface area (Å²) in [5, 5.41) is 3.44. The molecule has 0 saturated heterocycles. The average Bonchev–Trinajstić information content (AvgIpc) is 2.68. The van der Waals surface area contributed by atoms with Crippen molar-refractivity contribution in [2.24, 2.45) is 0 Å². The van der Waals surface area contributed by atoms with Gasteiger partial charge in [-0.2, -0.15) is 0 Å². The lowest BCUT2D eigenvalue weighted by molar-refractivity contribution is 0.196. The predicted octanol–water partition coefficient (Wildman–Crippen LogP) is 2.18. The Balaban J connectivity index is 2.21. The second-order valence-corrected chi connectivity index (χ2v) is 5.24. The van der Waals surface area contributed by atoms with Crippen LogP contribution in [-0.2, 0) is 17.6 Å². The van der Waals surface area contributed by atoms with E-state index in [1.54, 1.807) is 13.3 Å². The maximum Gasteiger partial charge on any atom is 0.194 e. The number of nitrogens with zero attached hydrogens (tertiary/aromatic N) is 1. The van der Waals surface area contributed by atoms with E-state index in [1.165, 1.54) is 0 Å². The highest BCUT2D eigenvalue weighted by Crippen LogP contribution is 2.07. The third-order valence-corrected chi connectivity index (χ3v) is 2.38. The third-order valence-electron chi connectivity index (χ3n) is 2.38. The standard InChI is InChI=1S/C13H24N2O2/c1-13(2,3)15-8-5-6-12-14-10-11(17-12)7-9-16-4/h10,15H,5-9H2,1-4H3. The van der Waals surface area contributed by atoms with Crippen molar-refractivity contribution in [1.82, 2.24) is 10.3 Å². The summed E-state index contributed by atoms with van der Waals surface area (Å²) in [6.07, 6.45) is 4.52. The van der Waals surface area contributed by atoms with Crippen molar-refractivity contribution in [1.29, 1.82) is 0 Å². The Bertz CT molecular complexity index is 315. The van der Waals surface area contributed by atoms with Crippen LogP contribution in [0.25, 0.3) is 0 Å². The molecular formula is C13H24N2O2. The molecule has 0 aliphatic heterocycles. The number of oxazole rings is 1. The van der Waals surface area contributed by atoms with Gasteiger partial charge in [-0.3, -0.25) is 0 Å². The summed E-state index contributed by atoms with van der Waals surface area (Å²) in [6, 6.07) is 0. The van der Waals surface area contributed by atoms with Crippen LogP contribution < -0.4 is 5.32 Å². The lowest BCUT2D eigenvalue weighted by Crippen LogP contribution is -2.36. The molecule has 1 heterocycles. The fourth-order valence-corrected chi connectivity index (χ4v) is 1.48. The molecule has 4 heteroatoms. The minimum Gasteiger partial charge on any atom is -0.446 e. The monoisotopic (exact) mass is 240 g/mol. The second-order valence-electron chi connectivity index (χ2n) is 5.24. The maximum atomic E-state index is 5.60. The van der Waals surface area contributed by atoms with Crippen molar-refractivity contribution in [3.63, 3.8) is 0 Å². The smallest absolute Gasteiger partial charge is 0.194 e. The van der Waals surface area contributed by atoms with Gasteiger partial charge in [-0.05, 0) is 33.7 Å². The number of methoxy groups -OCH3 is 1. The van der Waals surface area contributed by atoms with Crippen LogP contribution >= 0.6 is 0 Å². The quantitative estimate of drug-likeness (QED) is 0.742. The Kier molecular flexibility index (Phi) is 5.65. The first-order valence-electron chi connectivity index (χ1n) is 6.19. The SMILES string of the molecule is COCCc1cnc(CCCNC(C)(C)C)o1. The lowest BCUT2D eigenvalue weighted by Gasteiger charge is -2.19. The van der Waals surface area contributed by atoms with Gasteiger partial charge in [0.2, 0.25) is 0 Å². The summed E-state index contributed by atoms with van der Waals surface area (Å²) >= 11 is 0. The molecule has 0 saturated carbocycles. The highest BCUT2D eigenvalue weighted by atomic mass is 16.5. The van der Waals surface area contributed by atoms with Crippen LogP contribution in [0, 0.1) is 0 Å². The van der Waals surface area contributed by atoms with Crippen LogP contribution in [0.4, 0.5) is 0 Å². The highest BCUT2D eigenvalue weighted by molar-refractivity contribution is 4.94. The van der Waals surface area contributed by atoms with E-state index >= 15 is 0 Å². The van der Waals surface area contributed by atoms with Crippen molar-refractivity contribution in [3.8, 4) is 0 Å². The topological polar surface area (TPSA) is 47.3 Å². The molecule has 0 atom stereocenters. The number of nitrogens with one attached hydrogen (secondary N) is 1. The summed E-state index contributed by atoms with van der Waals surface area (Å²) in [4.78, 5) is 4.25. The number of aromatic nitrogens is 1. The van der Waals surface area contributed by atoms with Gasteiger partial charge in [0, 0.05) is 25.5 Å². The minimum absolute atomic E-state index is 0.181. The van der Waals surface area contributed by atoms with E-state index in [2.05, 4.69) is 31.1 Å². The van der Waals surface area contributed by atoms with Gasteiger partial charge in [0.15, 0.2) is 5.89 Å². The summed E-state index contributed by atoms with van der Waals surface area (Å²) in [6.45, 7) is 8.17. The van der Waals surface area contributed by atoms with Crippen molar-refractivity contribution in [2.75, 3.05) is 20.3 Å². The van der Waals surface area contributed by atoms with Crippen LogP contribution in [0.15, 0.2) is 10.6 Å². The normalized spacial score (nSPS) is 12.0. The molecule has 1 aromatic rings. The Hall–Kier alpha value is -0.870. The van der Waals surface area contributed by atoms with Gasteiger partial charge in [-0.25, -0.2) is 4.98 Å². The Morgan fingerprint density at radius 1 is 1.35 bits per heavy atom. The fourth-order valence-electron chi connectivity index (χ4n) is 1.48. The number of rotatable bonds is 7. The summed E-state index contributed by atoms with van der Waals surface area (Å²) in [5.41, 5.74) is 0.181. The van der Waals surface area contributed by atoms with E-state index in [-0.39, 0.29) is 5.54 Å². The largest absolute Gasteiger partial charge is 0.446 e. The second kappa shape index (κ2) is 6.77. The van der Waals surface area contributed by atoms with E-state index < -0.39 is 0 Å². The zero-order valence-electron chi connectivity index (χ0n) is 11.4. The number of aryl methyl sites for hydroxylation is 1. The number of ether oxygens (including phenoxy) is 1. The molecule has 0 bridgehead atoms. The first-order chi connectivity index (χ1) is 8.01. The molecule has 0 fully saturated rings. The van der Waals surface area contributed by atoms with Crippen molar-refractivity contribution in [2.45, 2.75) is 45.6 Å². The zero-order valence-corrected chi connectivity index (χ0v) is 11.4. The van der Waals surface area contributed by atoms with E-state index in [4.69, 9.17) is 9.15 Å². The molecule has 98 valence electrons. The van der Waals surface area contributed by atoms with E-state index in [1.807, 2.05) is 0 Å². The molecule has 17 heavy (non-hydrogen) atoms. The summed E-state index contributed by atoms with van der Waals surface area (Å²) in [7, 11) is 1.69. The predicted molar refractivity (Wildman–Crippen MR) is 68.2 cm³/mol. The van der Waals surface area contributed by atoms with Crippen LogP contribution in [0.3, 0.4) is 0 Å².